The van der Waals surface area contributed by atoms with Crippen LogP contribution in [0.3, 0.4) is 0 Å². The molecule has 0 aromatic carbocycles. The monoisotopic (exact) mass is 293 g/mol. The Morgan fingerprint density at radius 1 is 0.952 bits per heavy atom. The number of hydrogen-bond acceptors (Lipinski definition) is 2. The smallest absolute Gasteiger partial charge is 0.317 e. The van der Waals surface area contributed by atoms with E-state index < -0.39 is 0 Å². The topological polar surface area (TPSA) is 35.6 Å². The normalized spacial score (nSPS) is 37.9. The Morgan fingerprint density at radius 2 is 1.62 bits per heavy atom. The van der Waals surface area contributed by atoms with Crippen LogP contribution in [-0.2, 0) is 0 Å². The average Bonchev–Trinajstić information content (AvgIpc) is 3.12. The van der Waals surface area contributed by atoms with Gasteiger partial charge in [-0.2, -0.15) is 0 Å². The maximum Gasteiger partial charge on any atom is 0.317 e. The van der Waals surface area contributed by atoms with Crippen LogP contribution in [0.1, 0.15) is 52.4 Å². The molecule has 0 bridgehead atoms. The maximum atomic E-state index is 12.6. The molecular formula is C17H31N3O. The fourth-order valence-corrected chi connectivity index (χ4v) is 4.53. The third kappa shape index (κ3) is 3.36. The van der Waals surface area contributed by atoms with Crippen LogP contribution < -0.4 is 5.32 Å². The lowest BCUT2D eigenvalue weighted by Gasteiger charge is -2.36. The Kier molecular flexibility index (Phi) is 4.72. The molecule has 3 fully saturated rings. The summed E-state index contributed by atoms with van der Waals surface area (Å²) in [5, 5.41) is 3.34. The van der Waals surface area contributed by atoms with E-state index in [1.807, 2.05) is 0 Å². The van der Waals surface area contributed by atoms with Gasteiger partial charge in [-0.15, -0.1) is 0 Å². The highest BCUT2D eigenvalue weighted by atomic mass is 16.2. The molecule has 0 aromatic heterocycles. The number of carbonyl (C=O) groups is 1. The van der Waals surface area contributed by atoms with Crippen molar-refractivity contribution in [3.8, 4) is 0 Å². The van der Waals surface area contributed by atoms with E-state index in [2.05, 4.69) is 29.0 Å². The Morgan fingerprint density at radius 3 is 2.29 bits per heavy atom. The van der Waals surface area contributed by atoms with Crippen molar-refractivity contribution in [2.75, 3.05) is 26.2 Å². The Hall–Kier alpha value is -0.770. The molecule has 0 spiro atoms. The van der Waals surface area contributed by atoms with Gasteiger partial charge < -0.3 is 10.2 Å². The van der Waals surface area contributed by atoms with Crippen LogP contribution in [0.5, 0.6) is 0 Å². The van der Waals surface area contributed by atoms with Gasteiger partial charge in [-0.3, -0.25) is 4.90 Å². The largest absolute Gasteiger partial charge is 0.335 e. The number of carbonyl (C=O) groups excluding carboxylic acids is 1. The molecule has 0 aromatic rings. The van der Waals surface area contributed by atoms with Gasteiger partial charge in [-0.25, -0.2) is 4.79 Å². The molecule has 3 unspecified atom stereocenters. The Balaban J connectivity index is 1.51. The van der Waals surface area contributed by atoms with Crippen LogP contribution in [-0.4, -0.2) is 54.1 Å². The first kappa shape index (κ1) is 15.1. The fourth-order valence-electron chi connectivity index (χ4n) is 4.53. The summed E-state index contributed by atoms with van der Waals surface area (Å²) < 4.78 is 0. The molecule has 4 nitrogen and oxygen atoms in total. The second-order valence-electron chi connectivity index (χ2n) is 7.49. The van der Waals surface area contributed by atoms with E-state index in [9.17, 15) is 4.79 Å². The van der Waals surface area contributed by atoms with Gasteiger partial charge in [0, 0.05) is 25.2 Å². The van der Waals surface area contributed by atoms with E-state index in [0.717, 1.165) is 19.5 Å². The summed E-state index contributed by atoms with van der Waals surface area (Å²) in [5.41, 5.74) is 0. The van der Waals surface area contributed by atoms with Gasteiger partial charge in [0.1, 0.15) is 0 Å². The molecule has 120 valence electrons. The van der Waals surface area contributed by atoms with Crippen LogP contribution in [0.2, 0.25) is 0 Å². The van der Waals surface area contributed by atoms with E-state index >= 15 is 0 Å². The van der Waals surface area contributed by atoms with Crippen molar-refractivity contribution in [3.63, 3.8) is 0 Å². The molecular weight excluding hydrogens is 262 g/mol. The van der Waals surface area contributed by atoms with Gasteiger partial charge in [0.2, 0.25) is 0 Å². The minimum absolute atomic E-state index is 0.183. The molecule has 4 heteroatoms. The third-order valence-electron chi connectivity index (χ3n) is 5.94. The molecule has 1 saturated carbocycles. The van der Waals surface area contributed by atoms with Crippen molar-refractivity contribution >= 4 is 6.03 Å². The predicted octanol–water partition coefficient (Wildman–Crippen LogP) is 2.69. The van der Waals surface area contributed by atoms with Crippen LogP contribution >= 0.6 is 0 Å². The molecule has 2 saturated heterocycles. The highest BCUT2D eigenvalue weighted by molar-refractivity contribution is 5.75. The van der Waals surface area contributed by atoms with Crippen LogP contribution in [0, 0.1) is 11.8 Å². The predicted molar refractivity (Wildman–Crippen MR) is 85.3 cm³/mol. The maximum absolute atomic E-state index is 12.6. The summed E-state index contributed by atoms with van der Waals surface area (Å²) in [5.74, 6) is 1.24. The van der Waals surface area contributed by atoms with Crippen LogP contribution in [0.15, 0.2) is 0 Å². The summed E-state index contributed by atoms with van der Waals surface area (Å²) in [6, 6.07) is 1.17. The Labute approximate surface area is 129 Å². The van der Waals surface area contributed by atoms with Crippen molar-refractivity contribution in [3.05, 3.63) is 0 Å². The molecule has 2 heterocycles. The summed E-state index contributed by atoms with van der Waals surface area (Å²) >= 11 is 0. The summed E-state index contributed by atoms with van der Waals surface area (Å²) in [4.78, 5) is 17.2. The lowest BCUT2D eigenvalue weighted by atomic mass is 9.79. The lowest BCUT2D eigenvalue weighted by molar-refractivity contribution is 0.168. The van der Waals surface area contributed by atoms with Gasteiger partial charge in [0.05, 0.1) is 0 Å². The van der Waals surface area contributed by atoms with Gasteiger partial charge in [0.25, 0.3) is 0 Å². The highest BCUT2D eigenvalue weighted by Crippen LogP contribution is 2.29. The zero-order chi connectivity index (χ0) is 14.8. The fraction of sp³-hybridized carbons (Fsp3) is 0.941. The summed E-state index contributed by atoms with van der Waals surface area (Å²) in [6.45, 7) is 8.91. The Bertz CT molecular complexity index is 357. The third-order valence-corrected chi connectivity index (χ3v) is 5.94. The first-order valence-electron chi connectivity index (χ1n) is 8.94. The minimum Gasteiger partial charge on any atom is -0.335 e. The second-order valence-corrected chi connectivity index (χ2v) is 7.49. The highest BCUT2D eigenvalue weighted by Gasteiger charge is 2.34. The number of urea groups is 1. The molecule has 3 aliphatic rings. The van der Waals surface area contributed by atoms with Crippen LogP contribution in [0.25, 0.3) is 0 Å². The number of nitrogens with zero attached hydrogens (tertiary/aromatic N) is 2. The zero-order valence-electron chi connectivity index (χ0n) is 13.7. The van der Waals surface area contributed by atoms with E-state index in [0.29, 0.717) is 23.9 Å². The van der Waals surface area contributed by atoms with Crippen molar-refractivity contribution in [1.82, 2.24) is 15.1 Å². The number of likely N-dealkylation sites (tertiary alicyclic amines) is 2. The number of rotatable bonds is 2. The van der Waals surface area contributed by atoms with E-state index in [1.165, 1.54) is 45.2 Å². The molecule has 0 radical (unpaired) electrons. The van der Waals surface area contributed by atoms with Crippen molar-refractivity contribution in [1.29, 1.82) is 0 Å². The molecule has 2 aliphatic heterocycles. The molecule has 3 rings (SSSR count). The molecule has 21 heavy (non-hydrogen) atoms. The van der Waals surface area contributed by atoms with E-state index in [1.54, 1.807) is 0 Å². The lowest BCUT2D eigenvalue weighted by Crippen LogP contribution is -2.51. The summed E-state index contributed by atoms with van der Waals surface area (Å²) in [6.07, 6.45) is 7.65. The molecule has 3 atom stereocenters. The summed E-state index contributed by atoms with van der Waals surface area (Å²) in [7, 11) is 0. The van der Waals surface area contributed by atoms with Gasteiger partial charge in [-0.05, 0) is 57.0 Å². The molecule has 1 N–H and O–H groups in total. The first-order chi connectivity index (χ1) is 10.1. The number of hydrogen-bond donors (Lipinski definition) is 1. The minimum atomic E-state index is 0.183. The van der Waals surface area contributed by atoms with Gasteiger partial charge in [0.15, 0.2) is 0 Å². The first-order valence-corrected chi connectivity index (χ1v) is 8.94. The quantitative estimate of drug-likeness (QED) is 0.849. The van der Waals surface area contributed by atoms with Gasteiger partial charge in [-0.1, -0.05) is 20.3 Å². The van der Waals surface area contributed by atoms with Gasteiger partial charge >= 0.3 is 6.03 Å². The zero-order valence-corrected chi connectivity index (χ0v) is 13.7. The second kappa shape index (κ2) is 6.55. The number of nitrogens with one attached hydrogen (secondary N) is 1. The molecule has 2 amide bonds. The van der Waals surface area contributed by atoms with Crippen molar-refractivity contribution in [2.45, 2.75) is 64.5 Å². The standard InChI is InChI=1S/C17H31N3O/c1-13-6-5-7-14(2)16(13)18-17(21)20-11-8-15(12-20)19-9-3-4-10-19/h13-16H,3-12H2,1-2H3,(H,18,21). The average molecular weight is 293 g/mol. The van der Waals surface area contributed by atoms with E-state index in [-0.39, 0.29) is 6.03 Å². The van der Waals surface area contributed by atoms with Crippen molar-refractivity contribution < 1.29 is 4.79 Å². The van der Waals surface area contributed by atoms with Crippen LogP contribution in [0.4, 0.5) is 4.79 Å². The van der Waals surface area contributed by atoms with E-state index in [4.69, 9.17) is 0 Å². The molecule has 1 aliphatic carbocycles. The SMILES string of the molecule is CC1CCCC(C)C1NC(=O)N1CCC(N2CCCC2)C1. The number of amides is 2. The van der Waals surface area contributed by atoms with Crippen molar-refractivity contribution in [2.24, 2.45) is 11.8 Å².